The third-order valence-corrected chi connectivity index (χ3v) is 4.27. The third kappa shape index (κ3) is 3.61. The molecule has 1 N–H and O–H groups in total. The first-order valence-corrected chi connectivity index (χ1v) is 7.81. The number of sulfonamides is 1. The predicted octanol–water partition coefficient (Wildman–Crippen LogP) is 1.98. The van der Waals surface area contributed by atoms with Gasteiger partial charge in [-0.25, -0.2) is 8.42 Å². The zero-order valence-corrected chi connectivity index (χ0v) is 12.3. The molecule has 1 heterocycles. The largest absolute Gasteiger partial charge is 0.316 e. The van der Waals surface area contributed by atoms with Gasteiger partial charge in [-0.05, 0) is 17.7 Å². The Hall–Kier alpha value is -1.79. The van der Waals surface area contributed by atoms with E-state index in [1.807, 2.05) is 0 Å². The minimum absolute atomic E-state index is 0.209. The molecule has 1 aromatic heterocycles. The highest BCUT2D eigenvalue weighted by molar-refractivity contribution is 7.91. The van der Waals surface area contributed by atoms with Gasteiger partial charge in [0.2, 0.25) is 15.6 Å². The van der Waals surface area contributed by atoms with Crippen molar-refractivity contribution in [1.29, 1.82) is 0 Å². The Balaban J connectivity index is 2.21. The van der Waals surface area contributed by atoms with Gasteiger partial charge in [-0.2, -0.15) is 0 Å². The fourth-order valence-electron chi connectivity index (χ4n) is 1.69. The summed E-state index contributed by atoms with van der Waals surface area (Å²) in [6.07, 6.45) is 1.42. The Labute approximate surface area is 121 Å². The molecular weight excluding hydrogens is 300 g/mol. The fourth-order valence-corrected chi connectivity index (χ4v) is 3.19. The lowest BCUT2D eigenvalue weighted by molar-refractivity contribution is 0.600. The van der Waals surface area contributed by atoms with Crippen LogP contribution in [-0.4, -0.2) is 13.0 Å². The summed E-state index contributed by atoms with van der Waals surface area (Å²) in [5.74, 6) is -0.227. The maximum atomic E-state index is 12.1. The Morgan fingerprint density at radius 3 is 2.55 bits per heavy atom. The summed E-state index contributed by atoms with van der Waals surface area (Å²) in [5.41, 5.74) is 0.643. The number of aromatic nitrogens is 1. The fraction of sp³-hybridized carbons (Fsp3) is 0.154. The number of nitrogens with zero attached hydrogens (tertiary/aromatic N) is 1. The molecule has 1 aromatic carbocycles. The van der Waals surface area contributed by atoms with Crippen LogP contribution in [0.2, 0.25) is 5.02 Å². The quantitative estimate of drug-likeness (QED) is 0.938. The van der Waals surface area contributed by atoms with Crippen LogP contribution in [0.5, 0.6) is 0 Å². The Bertz CT molecular complexity index is 784. The zero-order valence-electron chi connectivity index (χ0n) is 10.7. The van der Waals surface area contributed by atoms with Gasteiger partial charge >= 0.3 is 0 Å². The van der Waals surface area contributed by atoms with Crippen LogP contribution < -0.4 is 10.3 Å². The number of anilines is 1. The molecule has 0 aliphatic heterocycles. The summed E-state index contributed by atoms with van der Waals surface area (Å²) in [6, 6.07) is 9.47. The number of benzene rings is 1. The molecule has 0 aliphatic carbocycles. The summed E-state index contributed by atoms with van der Waals surface area (Å²) in [7, 11) is -2.04. The molecule has 0 bridgehead atoms. The molecule has 0 radical (unpaired) electrons. The van der Waals surface area contributed by atoms with Crippen LogP contribution in [-0.2, 0) is 22.8 Å². The van der Waals surface area contributed by atoms with Gasteiger partial charge in [0.25, 0.3) is 0 Å². The Kier molecular flexibility index (Phi) is 4.15. The molecule has 7 heteroatoms. The lowest BCUT2D eigenvalue weighted by Gasteiger charge is -2.09. The normalized spacial score (nSPS) is 11.3. The molecule has 0 atom stereocenters. The molecule has 0 spiro atoms. The van der Waals surface area contributed by atoms with E-state index in [0.29, 0.717) is 16.3 Å². The molecule has 0 saturated heterocycles. The van der Waals surface area contributed by atoms with E-state index in [4.69, 9.17) is 11.6 Å². The molecule has 0 saturated carbocycles. The lowest BCUT2D eigenvalue weighted by Crippen LogP contribution is -2.19. The summed E-state index contributed by atoms with van der Waals surface area (Å²) < 4.78 is 27.8. The Morgan fingerprint density at radius 1 is 1.20 bits per heavy atom. The molecule has 0 amide bonds. The number of aryl methyl sites for hydroxylation is 1. The summed E-state index contributed by atoms with van der Waals surface area (Å²) >= 11 is 5.94. The molecule has 2 aromatic rings. The second-order valence-electron chi connectivity index (χ2n) is 4.32. The summed E-state index contributed by atoms with van der Waals surface area (Å²) in [4.78, 5) is 11.2. The number of hydrogen-bond acceptors (Lipinski definition) is 3. The molecular formula is C13H13ClN2O3S. The van der Waals surface area contributed by atoms with Gasteiger partial charge in [0.05, 0.1) is 11.4 Å². The van der Waals surface area contributed by atoms with E-state index in [1.54, 1.807) is 31.3 Å². The van der Waals surface area contributed by atoms with Crippen LogP contribution in [0.1, 0.15) is 5.56 Å². The van der Waals surface area contributed by atoms with Gasteiger partial charge in [0.15, 0.2) is 0 Å². The van der Waals surface area contributed by atoms with Gasteiger partial charge in [-0.15, -0.1) is 0 Å². The topological polar surface area (TPSA) is 68.2 Å². The van der Waals surface area contributed by atoms with Crippen LogP contribution in [0.4, 0.5) is 5.69 Å². The van der Waals surface area contributed by atoms with Gasteiger partial charge in [-0.3, -0.25) is 9.52 Å². The first kappa shape index (κ1) is 14.6. The van der Waals surface area contributed by atoms with Crippen molar-refractivity contribution in [2.45, 2.75) is 5.75 Å². The van der Waals surface area contributed by atoms with E-state index < -0.39 is 10.0 Å². The van der Waals surface area contributed by atoms with Gasteiger partial charge in [0, 0.05) is 24.3 Å². The highest BCUT2D eigenvalue weighted by atomic mass is 35.5. The van der Waals surface area contributed by atoms with Crippen LogP contribution in [0.3, 0.4) is 0 Å². The predicted molar refractivity (Wildman–Crippen MR) is 79.4 cm³/mol. The van der Waals surface area contributed by atoms with E-state index >= 15 is 0 Å². The Morgan fingerprint density at radius 2 is 1.90 bits per heavy atom. The van der Waals surface area contributed by atoms with Crippen molar-refractivity contribution < 1.29 is 8.42 Å². The maximum absolute atomic E-state index is 12.1. The minimum Gasteiger partial charge on any atom is -0.316 e. The number of nitrogens with one attached hydrogen (secondary N) is 1. The monoisotopic (exact) mass is 312 g/mol. The second-order valence-corrected chi connectivity index (χ2v) is 6.45. The highest BCUT2D eigenvalue weighted by Gasteiger charge is 2.14. The van der Waals surface area contributed by atoms with Crippen LogP contribution in [0, 0.1) is 0 Å². The third-order valence-electron chi connectivity index (χ3n) is 2.66. The molecule has 0 aliphatic rings. The second kappa shape index (κ2) is 5.68. The van der Waals surface area contributed by atoms with Crippen LogP contribution in [0.15, 0.2) is 47.4 Å². The maximum Gasteiger partial charge on any atom is 0.250 e. The minimum atomic E-state index is -3.59. The first-order valence-electron chi connectivity index (χ1n) is 5.78. The lowest BCUT2D eigenvalue weighted by atomic mass is 10.2. The van der Waals surface area contributed by atoms with Crippen LogP contribution in [0.25, 0.3) is 0 Å². The molecule has 0 unspecified atom stereocenters. The van der Waals surface area contributed by atoms with Crippen molar-refractivity contribution in [2.75, 3.05) is 4.72 Å². The van der Waals surface area contributed by atoms with E-state index in [1.165, 1.54) is 22.9 Å². The number of hydrogen-bond donors (Lipinski definition) is 1. The molecule has 106 valence electrons. The summed E-state index contributed by atoms with van der Waals surface area (Å²) in [6.45, 7) is 0. The van der Waals surface area contributed by atoms with E-state index in [-0.39, 0.29) is 11.3 Å². The van der Waals surface area contributed by atoms with Crippen molar-refractivity contribution >= 4 is 27.3 Å². The first-order chi connectivity index (χ1) is 9.37. The van der Waals surface area contributed by atoms with Crippen molar-refractivity contribution in [1.82, 2.24) is 4.57 Å². The van der Waals surface area contributed by atoms with Gasteiger partial charge in [0.1, 0.15) is 0 Å². The number of rotatable bonds is 4. The molecule has 20 heavy (non-hydrogen) atoms. The molecule has 2 rings (SSSR count). The van der Waals surface area contributed by atoms with Crippen molar-refractivity contribution in [2.24, 2.45) is 7.05 Å². The van der Waals surface area contributed by atoms with Crippen molar-refractivity contribution in [3.05, 3.63) is 63.5 Å². The number of halogens is 1. The SMILES string of the molecule is Cn1cc(NS(=O)(=O)Cc2ccccc2Cl)ccc1=O. The summed E-state index contributed by atoms with van der Waals surface area (Å²) in [5, 5.41) is 0.401. The van der Waals surface area contributed by atoms with E-state index in [0.717, 1.165) is 0 Å². The average Bonchev–Trinajstić information content (AvgIpc) is 2.36. The molecule has 5 nitrogen and oxygen atoms in total. The van der Waals surface area contributed by atoms with Crippen LogP contribution >= 0.6 is 11.6 Å². The van der Waals surface area contributed by atoms with Crippen molar-refractivity contribution in [3.8, 4) is 0 Å². The zero-order chi connectivity index (χ0) is 14.8. The standard InChI is InChI=1S/C13H13ClN2O3S/c1-16-8-11(6-7-13(16)17)15-20(18,19)9-10-4-2-3-5-12(10)14/h2-8,15H,9H2,1H3. The van der Waals surface area contributed by atoms with Gasteiger partial charge in [-0.1, -0.05) is 29.8 Å². The van der Waals surface area contributed by atoms with E-state index in [2.05, 4.69) is 4.72 Å². The van der Waals surface area contributed by atoms with E-state index in [9.17, 15) is 13.2 Å². The number of pyridine rings is 1. The highest BCUT2D eigenvalue weighted by Crippen LogP contribution is 2.18. The smallest absolute Gasteiger partial charge is 0.250 e. The molecule has 0 fully saturated rings. The average molecular weight is 313 g/mol. The van der Waals surface area contributed by atoms with Crippen molar-refractivity contribution in [3.63, 3.8) is 0 Å². The van der Waals surface area contributed by atoms with Gasteiger partial charge < -0.3 is 4.57 Å².